The third kappa shape index (κ3) is 5.79. The molecule has 0 radical (unpaired) electrons. The van der Waals surface area contributed by atoms with Crippen molar-refractivity contribution in [2.75, 3.05) is 23.1 Å². The summed E-state index contributed by atoms with van der Waals surface area (Å²) in [5.41, 5.74) is 1.80. The van der Waals surface area contributed by atoms with Crippen LogP contribution in [0.25, 0.3) is 0 Å². The number of carbonyl (C=O) groups excluding carboxylic acids is 2. The number of amides is 2. The zero-order valence-corrected chi connectivity index (χ0v) is 19.9. The third-order valence-electron chi connectivity index (χ3n) is 5.28. The first-order valence-electron chi connectivity index (χ1n) is 10.7. The fourth-order valence-electron chi connectivity index (χ4n) is 3.37. The van der Waals surface area contributed by atoms with Gasteiger partial charge in [-0.1, -0.05) is 12.1 Å². The maximum Gasteiger partial charge on any atom is 0.261 e. The van der Waals surface area contributed by atoms with Crippen molar-refractivity contribution >= 4 is 33.2 Å². The van der Waals surface area contributed by atoms with Gasteiger partial charge in [-0.15, -0.1) is 0 Å². The number of rotatable bonds is 8. The molecule has 0 bridgehead atoms. The van der Waals surface area contributed by atoms with Gasteiger partial charge in [-0.05, 0) is 80.9 Å². The lowest BCUT2D eigenvalue weighted by Crippen LogP contribution is -2.30. The monoisotopic (exact) mass is 483 g/mol. The SMILES string of the molecule is CCN(CC)C(=O)c1cccc(NC(=O)c2cc(S(=O)(=O)Nc3ccc(F)cc3)ccc2C)c1. The van der Waals surface area contributed by atoms with Gasteiger partial charge < -0.3 is 10.2 Å². The van der Waals surface area contributed by atoms with E-state index >= 15 is 0 Å². The van der Waals surface area contributed by atoms with E-state index in [1.165, 1.54) is 30.3 Å². The average Bonchev–Trinajstić information content (AvgIpc) is 2.81. The van der Waals surface area contributed by atoms with Crippen LogP contribution >= 0.6 is 0 Å². The van der Waals surface area contributed by atoms with Gasteiger partial charge in [0.05, 0.1) is 4.90 Å². The van der Waals surface area contributed by atoms with E-state index in [1.54, 1.807) is 36.1 Å². The normalized spacial score (nSPS) is 11.1. The number of nitrogens with zero attached hydrogens (tertiary/aromatic N) is 1. The van der Waals surface area contributed by atoms with E-state index < -0.39 is 21.7 Å². The minimum atomic E-state index is -4.01. The summed E-state index contributed by atoms with van der Waals surface area (Å²) in [6.07, 6.45) is 0. The Balaban J connectivity index is 1.83. The highest BCUT2D eigenvalue weighted by molar-refractivity contribution is 7.92. The smallest absolute Gasteiger partial charge is 0.261 e. The van der Waals surface area contributed by atoms with Crippen LogP contribution in [0.1, 0.15) is 40.1 Å². The molecule has 0 heterocycles. The minimum absolute atomic E-state index is 0.113. The Labute approximate surface area is 198 Å². The second-order valence-electron chi connectivity index (χ2n) is 7.60. The first-order chi connectivity index (χ1) is 16.1. The van der Waals surface area contributed by atoms with Gasteiger partial charge in [-0.3, -0.25) is 14.3 Å². The van der Waals surface area contributed by atoms with Gasteiger partial charge in [0.2, 0.25) is 0 Å². The maximum absolute atomic E-state index is 13.1. The third-order valence-corrected chi connectivity index (χ3v) is 6.66. The summed E-state index contributed by atoms with van der Waals surface area (Å²) in [6.45, 7) is 6.61. The van der Waals surface area contributed by atoms with E-state index in [9.17, 15) is 22.4 Å². The van der Waals surface area contributed by atoms with Gasteiger partial charge in [0.25, 0.3) is 21.8 Å². The Kier molecular flexibility index (Phi) is 7.68. The Morgan fingerprint density at radius 2 is 1.59 bits per heavy atom. The molecule has 3 aromatic carbocycles. The van der Waals surface area contributed by atoms with Crippen LogP contribution < -0.4 is 10.0 Å². The molecule has 0 aliphatic heterocycles. The number of halogens is 1. The summed E-state index contributed by atoms with van der Waals surface area (Å²) in [4.78, 5) is 27.1. The van der Waals surface area contributed by atoms with Crippen molar-refractivity contribution in [3.8, 4) is 0 Å². The summed E-state index contributed by atoms with van der Waals surface area (Å²) in [6, 6.07) is 15.7. The lowest BCUT2D eigenvalue weighted by atomic mass is 10.1. The summed E-state index contributed by atoms with van der Waals surface area (Å²) in [5, 5.41) is 2.74. The number of carbonyl (C=O) groups is 2. The van der Waals surface area contributed by atoms with Crippen molar-refractivity contribution in [3.05, 3.63) is 89.2 Å². The molecular weight excluding hydrogens is 457 g/mol. The molecule has 7 nitrogen and oxygen atoms in total. The molecule has 3 rings (SSSR count). The van der Waals surface area contributed by atoms with Crippen LogP contribution in [0.2, 0.25) is 0 Å². The van der Waals surface area contributed by atoms with E-state index in [2.05, 4.69) is 10.0 Å². The predicted octanol–water partition coefficient (Wildman–Crippen LogP) is 4.67. The fraction of sp³-hybridized carbons (Fsp3) is 0.200. The van der Waals surface area contributed by atoms with Crippen LogP contribution in [0, 0.1) is 12.7 Å². The summed E-state index contributed by atoms with van der Waals surface area (Å²) >= 11 is 0. The molecule has 0 aliphatic rings. The van der Waals surface area contributed by atoms with Gasteiger partial charge in [0, 0.05) is 35.6 Å². The Morgan fingerprint density at radius 3 is 2.24 bits per heavy atom. The molecule has 0 aromatic heterocycles. The largest absolute Gasteiger partial charge is 0.339 e. The summed E-state index contributed by atoms with van der Waals surface area (Å²) < 4.78 is 41.1. The van der Waals surface area contributed by atoms with E-state index in [0.29, 0.717) is 29.9 Å². The van der Waals surface area contributed by atoms with Crippen LogP contribution in [0.3, 0.4) is 0 Å². The van der Waals surface area contributed by atoms with Gasteiger partial charge in [0.15, 0.2) is 0 Å². The Hall–Kier alpha value is -3.72. The molecule has 34 heavy (non-hydrogen) atoms. The molecule has 0 aliphatic carbocycles. The second-order valence-corrected chi connectivity index (χ2v) is 9.28. The Bertz CT molecular complexity index is 1300. The van der Waals surface area contributed by atoms with Crippen molar-refractivity contribution in [1.29, 1.82) is 0 Å². The quantitative estimate of drug-likeness (QED) is 0.487. The van der Waals surface area contributed by atoms with Crippen LogP contribution in [-0.4, -0.2) is 38.2 Å². The van der Waals surface area contributed by atoms with Crippen LogP contribution in [0.15, 0.2) is 71.6 Å². The highest BCUT2D eigenvalue weighted by atomic mass is 32.2. The van der Waals surface area contributed by atoms with Gasteiger partial charge in [-0.2, -0.15) is 0 Å². The molecule has 0 saturated carbocycles. The van der Waals surface area contributed by atoms with Crippen LogP contribution in [0.5, 0.6) is 0 Å². The zero-order chi connectivity index (χ0) is 24.9. The molecule has 0 atom stereocenters. The number of nitrogens with one attached hydrogen (secondary N) is 2. The molecule has 0 unspecified atom stereocenters. The van der Waals surface area contributed by atoms with Crippen LogP contribution in [-0.2, 0) is 10.0 Å². The van der Waals surface area contributed by atoms with E-state index in [1.807, 2.05) is 13.8 Å². The highest BCUT2D eigenvalue weighted by Gasteiger charge is 2.19. The van der Waals surface area contributed by atoms with Gasteiger partial charge in [-0.25, -0.2) is 12.8 Å². The molecule has 0 fully saturated rings. The zero-order valence-electron chi connectivity index (χ0n) is 19.1. The molecule has 2 N–H and O–H groups in total. The van der Waals surface area contributed by atoms with Crippen molar-refractivity contribution in [2.24, 2.45) is 0 Å². The van der Waals surface area contributed by atoms with E-state index in [0.717, 1.165) is 12.1 Å². The van der Waals surface area contributed by atoms with Crippen molar-refractivity contribution in [2.45, 2.75) is 25.7 Å². The number of sulfonamides is 1. The standard InChI is InChI=1S/C25H26FN3O4S/c1-4-29(5-2)25(31)18-7-6-8-21(15-18)27-24(30)23-16-22(14-9-17(23)3)34(32,33)28-20-12-10-19(26)11-13-20/h6-16,28H,4-5H2,1-3H3,(H,27,30). The summed E-state index contributed by atoms with van der Waals surface area (Å²) in [7, 11) is -4.01. The van der Waals surface area contributed by atoms with Crippen molar-refractivity contribution < 1.29 is 22.4 Å². The molecule has 3 aromatic rings. The number of hydrogen-bond donors (Lipinski definition) is 2. The number of hydrogen-bond acceptors (Lipinski definition) is 4. The molecule has 2 amide bonds. The van der Waals surface area contributed by atoms with E-state index in [4.69, 9.17) is 0 Å². The summed E-state index contributed by atoms with van der Waals surface area (Å²) in [5.74, 6) is -1.14. The van der Waals surface area contributed by atoms with E-state index in [-0.39, 0.29) is 22.1 Å². The van der Waals surface area contributed by atoms with Gasteiger partial charge >= 0.3 is 0 Å². The topological polar surface area (TPSA) is 95.6 Å². The Morgan fingerprint density at radius 1 is 0.912 bits per heavy atom. The predicted molar refractivity (Wildman–Crippen MR) is 130 cm³/mol. The molecule has 0 spiro atoms. The lowest BCUT2D eigenvalue weighted by Gasteiger charge is -2.19. The van der Waals surface area contributed by atoms with Crippen LogP contribution in [0.4, 0.5) is 15.8 Å². The molecule has 9 heteroatoms. The molecular formula is C25H26FN3O4S. The fourth-order valence-corrected chi connectivity index (χ4v) is 4.45. The van der Waals surface area contributed by atoms with Crippen molar-refractivity contribution in [3.63, 3.8) is 0 Å². The molecule has 178 valence electrons. The lowest BCUT2D eigenvalue weighted by molar-refractivity contribution is 0.0772. The maximum atomic E-state index is 13.1. The van der Waals surface area contributed by atoms with Gasteiger partial charge in [0.1, 0.15) is 5.82 Å². The van der Waals surface area contributed by atoms with Crippen molar-refractivity contribution in [1.82, 2.24) is 4.90 Å². The highest BCUT2D eigenvalue weighted by Crippen LogP contribution is 2.21. The minimum Gasteiger partial charge on any atom is -0.339 e. The number of aryl methyl sites for hydroxylation is 1. The average molecular weight is 484 g/mol. The number of anilines is 2. The molecule has 0 saturated heterocycles. The first-order valence-corrected chi connectivity index (χ1v) is 12.2. The first kappa shape index (κ1) is 24.9. The number of benzene rings is 3. The second kappa shape index (κ2) is 10.5.